The molecule has 16 heavy (non-hydrogen) atoms. The summed E-state index contributed by atoms with van der Waals surface area (Å²) in [7, 11) is 0. The number of ether oxygens (including phenoxy) is 1. The van der Waals surface area contributed by atoms with Crippen molar-refractivity contribution in [2.45, 2.75) is 45.8 Å². The molecule has 1 heterocycles. The number of hydrogen-bond donors (Lipinski definition) is 1. The van der Waals surface area contributed by atoms with Crippen molar-refractivity contribution < 1.29 is 9.84 Å². The summed E-state index contributed by atoms with van der Waals surface area (Å²) in [6, 6.07) is 1.74. The molecule has 1 aliphatic carbocycles. The van der Waals surface area contributed by atoms with Gasteiger partial charge < -0.3 is 9.84 Å². The fourth-order valence-electron chi connectivity index (χ4n) is 2.11. The van der Waals surface area contributed by atoms with Crippen LogP contribution < -0.4 is 4.74 Å². The van der Waals surface area contributed by atoms with Gasteiger partial charge in [0.15, 0.2) is 0 Å². The van der Waals surface area contributed by atoms with Crippen LogP contribution in [-0.4, -0.2) is 27.3 Å². The maximum Gasteiger partial charge on any atom is 0.216 e. The summed E-state index contributed by atoms with van der Waals surface area (Å²) in [5.74, 6) is 0.968. The molecule has 4 heteroatoms. The van der Waals surface area contributed by atoms with E-state index in [9.17, 15) is 5.11 Å². The van der Waals surface area contributed by atoms with Crippen LogP contribution in [0.4, 0.5) is 0 Å². The molecule has 0 bridgehead atoms. The summed E-state index contributed by atoms with van der Waals surface area (Å²) < 4.78 is 5.67. The zero-order chi connectivity index (χ0) is 10.7. The van der Waals surface area contributed by atoms with Gasteiger partial charge in [0.05, 0.1) is 6.10 Å². The Morgan fingerprint density at radius 3 is 2.88 bits per heavy atom. The predicted molar refractivity (Wildman–Crippen MR) is 62.2 cm³/mol. The first-order chi connectivity index (χ1) is 7.29. The van der Waals surface area contributed by atoms with Crippen LogP contribution in [0.25, 0.3) is 0 Å². The molecule has 1 saturated carbocycles. The highest BCUT2D eigenvalue weighted by molar-refractivity contribution is 5.05. The van der Waals surface area contributed by atoms with E-state index in [4.69, 9.17) is 4.74 Å². The second kappa shape index (κ2) is 5.80. The summed E-state index contributed by atoms with van der Waals surface area (Å²) in [6.45, 7) is 2.10. The van der Waals surface area contributed by atoms with Crippen LogP contribution in [0.1, 0.15) is 33.6 Å². The number of aliphatic hydroxyl groups is 1. The van der Waals surface area contributed by atoms with E-state index in [1.54, 1.807) is 12.3 Å². The molecular weight excluding hydrogens is 204 g/mol. The van der Waals surface area contributed by atoms with Crippen LogP contribution in [-0.2, 0) is 0 Å². The van der Waals surface area contributed by atoms with Crippen molar-refractivity contribution in [2.24, 2.45) is 5.92 Å². The summed E-state index contributed by atoms with van der Waals surface area (Å²) in [5.41, 5.74) is 0. The third-order valence-electron chi connectivity index (χ3n) is 2.98. The molecule has 1 aromatic heterocycles. The monoisotopic (exact) mass is 224 g/mol. The molecule has 0 radical (unpaired) electrons. The number of rotatable bonds is 3. The second-order valence-electron chi connectivity index (χ2n) is 3.99. The Morgan fingerprint density at radius 2 is 2.31 bits per heavy atom. The molecule has 1 aromatic rings. The molecule has 1 aliphatic rings. The lowest BCUT2D eigenvalue weighted by molar-refractivity contribution is 0.122. The standard InChI is InChI=1S/C11H16N2O2.CH4/c1-2-8-5-9(6-10(8)14)15-11-3-4-12-7-13-11;/h3-4,7-10,14H,2,5-6H2,1H3;1H4/t8-,9+,10-;/m0./s1. The van der Waals surface area contributed by atoms with E-state index in [0.29, 0.717) is 18.2 Å². The van der Waals surface area contributed by atoms with E-state index in [1.807, 2.05) is 0 Å². The molecule has 1 N–H and O–H groups in total. The fraction of sp³-hybridized carbons (Fsp3) is 0.667. The van der Waals surface area contributed by atoms with Gasteiger partial charge in [-0.05, 0) is 12.3 Å². The maximum absolute atomic E-state index is 9.72. The lowest BCUT2D eigenvalue weighted by Crippen LogP contribution is -2.14. The van der Waals surface area contributed by atoms with Crippen LogP contribution in [0, 0.1) is 5.92 Å². The van der Waals surface area contributed by atoms with Crippen LogP contribution in [0.3, 0.4) is 0 Å². The molecule has 0 unspecified atom stereocenters. The van der Waals surface area contributed by atoms with Gasteiger partial charge in [-0.3, -0.25) is 0 Å². The van der Waals surface area contributed by atoms with E-state index < -0.39 is 0 Å². The lowest BCUT2D eigenvalue weighted by Gasteiger charge is -2.11. The Morgan fingerprint density at radius 1 is 1.50 bits per heavy atom. The number of nitrogens with zero attached hydrogens (tertiary/aromatic N) is 2. The summed E-state index contributed by atoms with van der Waals surface area (Å²) in [4.78, 5) is 7.83. The number of aliphatic hydroxyl groups excluding tert-OH is 1. The van der Waals surface area contributed by atoms with Crippen LogP contribution in [0.15, 0.2) is 18.6 Å². The SMILES string of the molecule is C.CC[C@H]1C[C@@H](Oc2ccncn2)C[C@@H]1O. The molecular formula is C12H20N2O2. The average molecular weight is 224 g/mol. The van der Waals surface area contributed by atoms with Crippen molar-refractivity contribution in [1.82, 2.24) is 9.97 Å². The van der Waals surface area contributed by atoms with Gasteiger partial charge in [0.1, 0.15) is 12.4 Å². The minimum absolute atomic E-state index is 0. The molecule has 1 fully saturated rings. The molecule has 4 nitrogen and oxygen atoms in total. The van der Waals surface area contributed by atoms with Gasteiger partial charge in [-0.15, -0.1) is 0 Å². The number of hydrogen-bond acceptors (Lipinski definition) is 4. The molecule has 90 valence electrons. The summed E-state index contributed by atoms with van der Waals surface area (Å²) in [5, 5.41) is 9.72. The Hall–Kier alpha value is -1.16. The van der Waals surface area contributed by atoms with Gasteiger partial charge in [0.25, 0.3) is 0 Å². The molecule has 2 rings (SSSR count). The molecule has 0 aromatic carbocycles. The first-order valence-corrected chi connectivity index (χ1v) is 5.40. The first-order valence-electron chi connectivity index (χ1n) is 5.40. The van der Waals surface area contributed by atoms with Crippen molar-refractivity contribution in [1.29, 1.82) is 0 Å². The van der Waals surface area contributed by atoms with Crippen molar-refractivity contribution in [3.8, 4) is 5.88 Å². The highest BCUT2D eigenvalue weighted by Crippen LogP contribution is 2.30. The maximum atomic E-state index is 9.72. The van der Waals surface area contributed by atoms with Gasteiger partial charge in [-0.25, -0.2) is 9.97 Å². The highest BCUT2D eigenvalue weighted by Gasteiger charge is 2.33. The van der Waals surface area contributed by atoms with Crippen LogP contribution in [0.2, 0.25) is 0 Å². The van der Waals surface area contributed by atoms with Gasteiger partial charge in [-0.1, -0.05) is 20.8 Å². The minimum atomic E-state index is -0.221. The van der Waals surface area contributed by atoms with E-state index in [-0.39, 0.29) is 19.6 Å². The molecule has 0 aliphatic heterocycles. The van der Waals surface area contributed by atoms with Gasteiger partial charge >= 0.3 is 0 Å². The van der Waals surface area contributed by atoms with Gasteiger partial charge in [-0.2, -0.15) is 0 Å². The van der Waals surface area contributed by atoms with Gasteiger partial charge in [0, 0.05) is 18.7 Å². The predicted octanol–water partition coefficient (Wildman–Crippen LogP) is 2.04. The largest absolute Gasteiger partial charge is 0.474 e. The topological polar surface area (TPSA) is 55.2 Å². The smallest absolute Gasteiger partial charge is 0.216 e. The molecule has 0 amide bonds. The van der Waals surface area contributed by atoms with Crippen molar-refractivity contribution in [3.05, 3.63) is 18.6 Å². The quantitative estimate of drug-likeness (QED) is 0.853. The lowest BCUT2D eigenvalue weighted by atomic mass is 10.0. The summed E-state index contributed by atoms with van der Waals surface area (Å²) in [6.07, 6.45) is 5.64. The van der Waals surface area contributed by atoms with Gasteiger partial charge in [0.2, 0.25) is 5.88 Å². The first kappa shape index (κ1) is 12.9. The third kappa shape index (κ3) is 2.92. The molecule has 3 atom stereocenters. The Kier molecular flexibility index (Phi) is 4.68. The van der Waals surface area contributed by atoms with E-state index >= 15 is 0 Å². The average Bonchev–Trinajstić information content (AvgIpc) is 2.60. The number of aromatic nitrogens is 2. The zero-order valence-electron chi connectivity index (χ0n) is 8.84. The Bertz CT molecular complexity index is 305. The van der Waals surface area contributed by atoms with E-state index in [1.165, 1.54) is 6.33 Å². The minimum Gasteiger partial charge on any atom is -0.474 e. The van der Waals surface area contributed by atoms with E-state index in [0.717, 1.165) is 12.8 Å². The zero-order valence-corrected chi connectivity index (χ0v) is 8.84. The highest BCUT2D eigenvalue weighted by atomic mass is 16.5. The van der Waals surface area contributed by atoms with Crippen LogP contribution >= 0.6 is 0 Å². The van der Waals surface area contributed by atoms with E-state index in [2.05, 4.69) is 16.9 Å². The normalized spacial score (nSPS) is 28.5. The molecule has 0 spiro atoms. The Labute approximate surface area is 96.7 Å². The Balaban J connectivity index is 0.00000128. The van der Waals surface area contributed by atoms with Crippen molar-refractivity contribution in [3.63, 3.8) is 0 Å². The van der Waals surface area contributed by atoms with Crippen molar-refractivity contribution in [2.75, 3.05) is 0 Å². The second-order valence-corrected chi connectivity index (χ2v) is 3.99. The summed E-state index contributed by atoms with van der Waals surface area (Å²) >= 11 is 0. The van der Waals surface area contributed by atoms with Crippen molar-refractivity contribution >= 4 is 0 Å². The third-order valence-corrected chi connectivity index (χ3v) is 2.98. The molecule has 0 saturated heterocycles. The van der Waals surface area contributed by atoms with Crippen LogP contribution in [0.5, 0.6) is 5.88 Å². The fourth-order valence-corrected chi connectivity index (χ4v) is 2.11.